The van der Waals surface area contributed by atoms with Gasteiger partial charge in [-0.3, -0.25) is 4.40 Å². The van der Waals surface area contributed by atoms with E-state index in [0.29, 0.717) is 0 Å². The highest BCUT2D eigenvalue weighted by atomic mass is 15.0. The van der Waals surface area contributed by atoms with Crippen LogP contribution in [0.1, 0.15) is 0 Å². The van der Waals surface area contributed by atoms with Gasteiger partial charge < -0.3 is 0 Å². The first-order valence-corrected chi connectivity index (χ1v) is 6.94. The molecule has 0 saturated heterocycles. The number of hydrogen-bond acceptors (Lipinski definition) is 2. The Morgan fingerprint density at radius 2 is 1.52 bits per heavy atom. The smallest absolute Gasteiger partial charge is 0.148 e. The molecule has 2 aromatic heterocycles. The van der Waals surface area contributed by atoms with Crippen LogP contribution in [-0.4, -0.2) is 14.4 Å². The van der Waals surface area contributed by atoms with Gasteiger partial charge in [0.25, 0.3) is 0 Å². The summed E-state index contributed by atoms with van der Waals surface area (Å²) < 4.78 is 2.07. The molecule has 98 valence electrons. The van der Waals surface area contributed by atoms with Gasteiger partial charge >= 0.3 is 0 Å². The molecule has 3 heteroatoms. The summed E-state index contributed by atoms with van der Waals surface area (Å²) in [6.45, 7) is 0. The fourth-order valence-corrected chi connectivity index (χ4v) is 2.98. The summed E-state index contributed by atoms with van der Waals surface area (Å²) >= 11 is 0. The van der Waals surface area contributed by atoms with E-state index in [0.717, 1.165) is 27.6 Å². The second kappa shape index (κ2) is 3.79. The maximum atomic E-state index is 4.82. The molecule has 0 atom stereocenters. The van der Waals surface area contributed by atoms with Crippen LogP contribution in [-0.2, 0) is 0 Å². The molecule has 0 bridgehead atoms. The second-order valence-corrected chi connectivity index (χ2v) is 5.26. The Kier molecular flexibility index (Phi) is 1.95. The van der Waals surface area contributed by atoms with E-state index in [2.05, 4.69) is 51.8 Å². The number of nitrogens with zero attached hydrogens (tertiary/aromatic N) is 3. The van der Waals surface area contributed by atoms with Gasteiger partial charge in [0.15, 0.2) is 0 Å². The summed E-state index contributed by atoms with van der Waals surface area (Å²) in [5.74, 6) is 0. The van der Waals surface area contributed by atoms with Crippen molar-refractivity contribution in [1.82, 2.24) is 14.4 Å². The lowest BCUT2D eigenvalue weighted by molar-refractivity contribution is 1.15. The maximum Gasteiger partial charge on any atom is 0.148 e. The highest BCUT2D eigenvalue weighted by molar-refractivity contribution is 6.00. The van der Waals surface area contributed by atoms with Gasteiger partial charge in [0.2, 0.25) is 0 Å². The van der Waals surface area contributed by atoms with E-state index >= 15 is 0 Å². The van der Waals surface area contributed by atoms with Gasteiger partial charge in [-0.1, -0.05) is 36.4 Å². The lowest BCUT2D eigenvalue weighted by Gasteiger charge is -2.00. The molecule has 0 amide bonds. The first-order valence-electron chi connectivity index (χ1n) is 6.94. The summed E-state index contributed by atoms with van der Waals surface area (Å²) in [6.07, 6.45) is 1.86. The third kappa shape index (κ3) is 1.43. The normalized spacial score (nSPS) is 11.8. The minimum Gasteiger partial charge on any atom is -0.282 e. The number of benzene rings is 3. The van der Waals surface area contributed by atoms with Crippen LogP contribution in [0.2, 0.25) is 0 Å². The van der Waals surface area contributed by atoms with E-state index in [4.69, 9.17) is 4.98 Å². The lowest BCUT2D eigenvalue weighted by Crippen LogP contribution is -1.89. The van der Waals surface area contributed by atoms with Crippen molar-refractivity contribution in [1.29, 1.82) is 0 Å². The summed E-state index contributed by atoms with van der Waals surface area (Å²) in [7, 11) is 0. The number of aromatic nitrogens is 3. The fraction of sp³-hybridized carbons (Fsp3) is 0. The maximum absolute atomic E-state index is 4.82. The first kappa shape index (κ1) is 10.8. The fourth-order valence-electron chi connectivity index (χ4n) is 2.98. The zero-order valence-electron chi connectivity index (χ0n) is 11.2. The van der Waals surface area contributed by atoms with E-state index in [1.54, 1.807) is 0 Å². The zero-order valence-corrected chi connectivity index (χ0v) is 11.2. The van der Waals surface area contributed by atoms with Crippen LogP contribution in [0.3, 0.4) is 0 Å². The topological polar surface area (TPSA) is 30.2 Å². The lowest BCUT2D eigenvalue weighted by atomic mass is 10.1. The van der Waals surface area contributed by atoms with E-state index in [1.807, 2.05) is 24.5 Å². The van der Waals surface area contributed by atoms with Crippen molar-refractivity contribution in [2.45, 2.75) is 0 Å². The molecular weight excluding hydrogens is 258 g/mol. The number of imidazole rings is 1. The monoisotopic (exact) mass is 269 g/mol. The minimum atomic E-state index is 0.964. The third-order valence-electron chi connectivity index (χ3n) is 4.01. The molecule has 0 spiro atoms. The van der Waals surface area contributed by atoms with E-state index < -0.39 is 0 Å². The highest BCUT2D eigenvalue weighted by Crippen LogP contribution is 2.26. The molecule has 0 fully saturated rings. The van der Waals surface area contributed by atoms with Crippen molar-refractivity contribution >= 4 is 38.4 Å². The Hall–Kier alpha value is -2.94. The molecule has 5 aromatic rings. The molecule has 0 N–H and O–H groups in total. The third-order valence-corrected chi connectivity index (χ3v) is 4.01. The molecule has 0 aliphatic rings. The number of para-hydroxylation sites is 1. The summed E-state index contributed by atoms with van der Waals surface area (Å²) in [5, 5.41) is 3.52. The minimum absolute atomic E-state index is 0.964. The van der Waals surface area contributed by atoms with Crippen LogP contribution in [0.15, 0.2) is 67.0 Å². The molecule has 3 nitrogen and oxygen atoms in total. The Balaban J connectivity index is 2.04. The van der Waals surface area contributed by atoms with Crippen LogP contribution < -0.4 is 0 Å². The Labute approximate surface area is 120 Å². The molecule has 2 heterocycles. The summed E-state index contributed by atoms with van der Waals surface area (Å²) in [5.41, 5.74) is 4.05. The van der Waals surface area contributed by atoms with Crippen LogP contribution in [0.25, 0.3) is 38.4 Å². The van der Waals surface area contributed by atoms with Gasteiger partial charge in [0.05, 0.1) is 16.6 Å². The van der Waals surface area contributed by atoms with Gasteiger partial charge in [-0.25, -0.2) is 9.97 Å². The quantitative estimate of drug-likeness (QED) is 0.422. The first-order chi connectivity index (χ1) is 10.4. The van der Waals surface area contributed by atoms with Crippen molar-refractivity contribution in [2.75, 3.05) is 0 Å². The molecule has 21 heavy (non-hydrogen) atoms. The van der Waals surface area contributed by atoms with E-state index in [-0.39, 0.29) is 0 Å². The largest absolute Gasteiger partial charge is 0.282 e. The van der Waals surface area contributed by atoms with Crippen molar-refractivity contribution in [3.05, 3.63) is 67.0 Å². The molecule has 0 unspecified atom stereocenters. The van der Waals surface area contributed by atoms with Gasteiger partial charge in [-0.15, -0.1) is 0 Å². The number of hydrogen-bond donors (Lipinski definition) is 0. The van der Waals surface area contributed by atoms with Crippen LogP contribution in [0.5, 0.6) is 0 Å². The molecule has 0 saturated carbocycles. The predicted octanol–water partition coefficient (Wildman–Crippen LogP) is 4.19. The standard InChI is InChI=1S/C18H11N3/c1-2-6-13-10-17-16(9-12(13)5-1)20-18-14-7-3-4-8-15(14)19-11-21(17)18/h1-11H. The highest BCUT2D eigenvalue weighted by Gasteiger charge is 2.09. The Bertz CT molecular complexity index is 1140. The molecule has 3 aromatic carbocycles. The molecular formula is C18H11N3. The van der Waals surface area contributed by atoms with Gasteiger partial charge in [0, 0.05) is 5.39 Å². The summed E-state index contributed by atoms with van der Waals surface area (Å²) in [6, 6.07) is 20.8. The van der Waals surface area contributed by atoms with Gasteiger partial charge in [-0.2, -0.15) is 0 Å². The van der Waals surface area contributed by atoms with Crippen LogP contribution >= 0.6 is 0 Å². The second-order valence-electron chi connectivity index (χ2n) is 5.26. The van der Waals surface area contributed by atoms with Gasteiger partial charge in [0.1, 0.15) is 12.0 Å². The SMILES string of the molecule is c1ccc2cc3c(cc2c1)nc1c2ccccc2ncn31. The van der Waals surface area contributed by atoms with Crippen molar-refractivity contribution in [3.8, 4) is 0 Å². The predicted molar refractivity (Wildman–Crippen MR) is 85.5 cm³/mol. The Morgan fingerprint density at radius 1 is 0.762 bits per heavy atom. The zero-order chi connectivity index (χ0) is 13.8. The molecule has 0 aliphatic carbocycles. The van der Waals surface area contributed by atoms with Crippen molar-refractivity contribution < 1.29 is 0 Å². The number of rotatable bonds is 0. The van der Waals surface area contributed by atoms with Crippen molar-refractivity contribution in [2.24, 2.45) is 0 Å². The van der Waals surface area contributed by atoms with Crippen molar-refractivity contribution in [3.63, 3.8) is 0 Å². The Morgan fingerprint density at radius 3 is 2.43 bits per heavy atom. The average molecular weight is 269 g/mol. The number of fused-ring (bicyclic) bond motifs is 6. The van der Waals surface area contributed by atoms with E-state index in [9.17, 15) is 0 Å². The molecule has 0 radical (unpaired) electrons. The van der Waals surface area contributed by atoms with Gasteiger partial charge in [-0.05, 0) is 35.0 Å². The van der Waals surface area contributed by atoms with Crippen LogP contribution in [0, 0.1) is 0 Å². The molecule has 5 rings (SSSR count). The van der Waals surface area contributed by atoms with Crippen LogP contribution in [0.4, 0.5) is 0 Å². The van der Waals surface area contributed by atoms with E-state index in [1.165, 1.54) is 10.8 Å². The average Bonchev–Trinajstić information content (AvgIpc) is 2.90. The molecule has 0 aliphatic heterocycles. The summed E-state index contributed by atoms with van der Waals surface area (Å²) in [4.78, 5) is 9.35.